The molecule has 0 aliphatic rings. The number of hydrogen-bond donors (Lipinski definition) is 3. The number of thiazole rings is 1. The van der Waals surface area contributed by atoms with Crippen molar-refractivity contribution in [3.63, 3.8) is 0 Å². The minimum absolute atomic E-state index is 0.0280. The van der Waals surface area contributed by atoms with Gasteiger partial charge in [0, 0.05) is 23.5 Å². The summed E-state index contributed by atoms with van der Waals surface area (Å²) in [4.78, 5) is 41.0. The molecule has 7 nitrogen and oxygen atoms in total. The van der Waals surface area contributed by atoms with Gasteiger partial charge in [0.25, 0.3) is 11.8 Å². The molecule has 0 spiro atoms. The van der Waals surface area contributed by atoms with Gasteiger partial charge in [-0.3, -0.25) is 19.7 Å². The highest BCUT2D eigenvalue weighted by Crippen LogP contribution is 2.18. The van der Waals surface area contributed by atoms with Crippen molar-refractivity contribution in [2.24, 2.45) is 0 Å². The van der Waals surface area contributed by atoms with E-state index in [1.54, 1.807) is 29.6 Å². The maximum Gasteiger partial charge on any atom is 0.260 e. The average Bonchev–Trinajstić information content (AvgIpc) is 3.24. The van der Waals surface area contributed by atoms with E-state index < -0.39 is 11.7 Å². The molecule has 0 saturated heterocycles. The van der Waals surface area contributed by atoms with E-state index in [-0.39, 0.29) is 41.5 Å². The van der Waals surface area contributed by atoms with Crippen molar-refractivity contribution in [2.75, 3.05) is 5.32 Å². The van der Waals surface area contributed by atoms with Crippen molar-refractivity contribution in [3.8, 4) is 0 Å². The van der Waals surface area contributed by atoms with Crippen LogP contribution in [0.5, 0.6) is 0 Å². The Hall–Kier alpha value is -3.59. The number of nitrogens with zero attached hydrogens (tertiary/aromatic N) is 1. The van der Waals surface area contributed by atoms with Crippen LogP contribution in [0.3, 0.4) is 0 Å². The fraction of sp³-hybridized carbons (Fsp3) is 0.250. The van der Waals surface area contributed by atoms with Crippen LogP contribution in [0.2, 0.25) is 0 Å². The van der Waals surface area contributed by atoms with Crippen LogP contribution in [-0.4, -0.2) is 28.7 Å². The number of benzene rings is 2. The first-order valence-electron chi connectivity index (χ1n) is 10.5. The molecule has 0 radical (unpaired) electrons. The molecule has 1 unspecified atom stereocenters. The van der Waals surface area contributed by atoms with Gasteiger partial charge in [0.15, 0.2) is 5.13 Å². The van der Waals surface area contributed by atoms with Crippen molar-refractivity contribution in [1.29, 1.82) is 0 Å². The van der Waals surface area contributed by atoms with E-state index in [1.165, 1.54) is 18.2 Å². The monoisotopic (exact) mass is 468 g/mol. The number of halogens is 1. The lowest BCUT2D eigenvalue weighted by Crippen LogP contribution is -2.32. The number of carbonyl (C=O) groups is 3. The largest absolute Gasteiger partial charge is 0.352 e. The number of anilines is 1. The van der Waals surface area contributed by atoms with E-state index in [0.29, 0.717) is 11.3 Å². The van der Waals surface area contributed by atoms with E-state index in [9.17, 15) is 18.8 Å². The first-order valence-corrected chi connectivity index (χ1v) is 11.4. The molecule has 0 bridgehead atoms. The van der Waals surface area contributed by atoms with E-state index in [0.717, 1.165) is 23.3 Å². The van der Waals surface area contributed by atoms with Gasteiger partial charge in [0.1, 0.15) is 5.82 Å². The molecule has 0 aliphatic heterocycles. The lowest BCUT2D eigenvalue weighted by molar-refractivity contribution is -0.120. The van der Waals surface area contributed by atoms with Crippen molar-refractivity contribution < 1.29 is 18.8 Å². The topological polar surface area (TPSA) is 100 Å². The zero-order valence-electron chi connectivity index (χ0n) is 18.4. The molecule has 3 amide bonds. The van der Waals surface area contributed by atoms with Gasteiger partial charge in [-0.2, -0.15) is 0 Å². The summed E-state index contributed by atoms with van der Waals surface area (Å²) in [6, 6.07) is 12.8. The van der Waals surface area contributed by atoms with Crippen LogP contribution in [-0.2, 0) is 17.8 Å². The summed E-state index contributed by atoms with van der Waals surface area (Å²) in [6.07, 6.45) is 0.868. The summed E-state index contributed by atoms with van der Waals surface area (Å²) in [7, 11) is 0. The Balaban J connectivity index is 1.51. The van der Waals surface area contributed by atoms with Crippen molar-refractivity contribution >= 4 is 34.2 Å². The van der Waals surface area contributed by atoms with Crippen LogP contribution in [0.15, 0.2) is 53.9 Å². The van der Waals surface area contributed by atoms with E-state index >= 15 is 0 Å². The molecule has 3 N–H and O–H groups in total. The second kappa shape index (κ2) is 11.3. The Morgan fingerprint density at radius 2 is 1.88 bits per heavy atom. The molecule has 33 heavy (non-hydrogen) atoms. The number of hydrogen-bond acceptors (Lipinski definition) is 5. The van der Waals surface area contributed by atoms with Gasteiger partial charge in [0.2, 0.25) is 5.91 Å². The lowest BCUT2D eigenvalue weighted by Gasteiger charge is -2.12. The smallest absolute Gasteiger partial charge is 0.260 e. The zero-order valence-corrected chi connectivity index (χ0v) is 19.2. The molecule has 1 atom stereocenters. The van der Waals surface area contributed by atoms with Crippen LogP contribution in [0.25, 0.3) is 0 Å². The molecular formula is C24H25FN4O3S. The summed E-state index contributed by atoms with van der Waals surface area (Å²) in [6.45, 7) is 4.21. The third kappa shape index (κ3) is 6.95. The maximum atomic E-state index is 13.7. The Labute approximate surface area is 195 Å². The zero-order chi connectivity index (χ0) is 23.8. The van der Waals surface area contributed by atoms with Gasteiger partial charge in [-0.25, -0.2) is 9.37 Å². The minimum atomic E-state index is -0.618. The lowest BCUT2D eigenvalue weighted by atomic mass is 10.1. The van der Waals surface area contributed by atoms with Gasteiger partial charge < -0.3 is 10.6 Å². The summed E-state index contributed by atoms with van der Waals surface area (Å²) >= 11 is 1.16. The average molecular weight is 469 g/mol. The van der Waals surface area contributed by atoms with Crippen molar-refractivity contribution in [1.82, 2.24) is 15.6 Å². The molecule has 3 aromatic rings. The fourth-order valence-electron chi connectivity index (χ4n) is 2.91. The summed E-state index contributed by atoms with van der Waals surface area (Å²) < 4.78 is 13.7. The third-order valence-corrected chi connectivity index (χ3v) is 5.71. The Morgan fingerprint density at radius 3 is 2.64 bits per heavy atom. The summed E-state index contributed by atoms with van der Waals surface area (Å²) in [5.41, 5.74) is 1.75. The molecular weight excluding hydrogens is 443 g/mol. The normalized spacial score (nSPS) is 11.5. The van der Waals surface area contributed by atoms with Gasteiger partial charge in [-0.15, -0.1) is 11.3 Å². The third-order valence-electron chi connectivity index (χ3n) is 4.90. The van der Waals surface area contributed by atoms with Crippen LogP contribution in [0, 0.1) is 5.82 Å². The summed E-state index contributed by atoms with van der Waals surface area (Å²) in [5.74, 6) is -1.62. The Morgan fingerprint density at radius 1 is 1.09 bits per heavy atom. The minimum Gasteiger partial charge on any atom is -0.352 e. The van der Waals surface area contributed by atoms with Crippen molar-refractivity contribution in [2.45, 2.75) is 39.3 Å². The molecule has 1 heterocycles. The quantitative estimate of drug-likeness (QED) is 0.443. The van der Waals surface area contributed by atoms with Gasteiger partial charge in [-0.05, 0) is 43.2 Å². The van der Waals surface area contributed by atoms with Gasteiger partial charge in [-0.1, -0.05) is 31.2 Å². The first kappa shape index (κ1) is 24.1. The van der Waals surface area contributed by atoms with Gasteiger partial charge >= 0.3 is 0 Å². The number of aromatic nitrogens is 1. The Bertz CT molecular complexity index is 1150. The highest BCUT2D eigenvalue weighted by molar-refractivity contribution is 7.14. The molecule has 3 rings (SSSR count). The SMILES string of the molecule is CCC(C)NC(=O)c1cccc(CNC(=O)Cc2csc(NC(=O)c3ccccc3F)n2)c1. The number of amides is 3. The van der Waals surface area contributed by atoms with Crippen LogP contribution in [0.4, 0.5) is 9.52 Å². The fourth-order valence-corrected chi connectivity index (χ4v) is 3.62. The standard InChI is InChI=1S/C24H25FN4O3S/c1-3-15(2)27-22(31)17-8-6-7-16(11-17)13-26-21(30)12-18-14-33-24(28-18)29-23(32)19-9-4-5-10-20(19)25/h4-11,14-15H,3,12-13H2,1-2H3,(H,26,30)(H,27,31)(H,28,29,32). The molecule has 172 valence electrons. The molecule has 9 heteroatoms. The maximum absolute atomic E-state index is 13.7. The second-order valence-electron chi connectivity index (χ2n) is 7.51. The Kier molecular flexibility index (Phi) is 8.26. The van der Waals surface area contributed by atoms with Crippen molar-refractivity contribution in [3.05, 3.63) is 82.1 Å². The predicted molar refractivity (Wildman–Crippen MR) is 126 cm³/mol. The number of nitrogens with one attached hydrogen (secondary N) is 3. The second-order valence-corrected chi connectivity index (χ2v) is 8.37. The molecule has 0 saturated carbocycles. The molecule has 0 fully saturated rings. The van der Waals surface area contributed by atoms with Crippen LogP contribution >= 0.6 is 11.3 Å². The van der Waals surface area contributed by atoms with Gasteiger partial charge in [0.05, 0.1) is 17.7 Å². The highest BCUT2D eigenvalue weighted by atomic mass is 32.1. The molecule has 1 aromatic heterocycles. The molecule has 0 aliphatic carbocycles. The molecule has 2 aromatic carbocycles. The van der Waals surface area contributed by atoms with E-state index in [1.807, 2.05) is 19.9 Å². The first-order chi connectivity index (χ1) is 15.9. The summed E-state index contributed by atoms with van der Waals surface area (Å²) in [5, 5.41) is 10.2. The predicted octanol–water partition coefficient (Wildman–Crippen LogP) is 3.92. The van der Waals surface area contributed by atoms with Crippen LogP contribution < -0.4 is 16.0 Å². The van der Waals surface area contributed by atoms with E-state index in [4.69, 9.17) is 0 Å². The number of rotatable bonds is 9. The number of carbonyl (C=O) groups excluding carboxylic acids is 3. The van der Waals surface area contributed by atoms with E-state index in [2.05, 4.69) is 20.9 Å². The van der Waals surface area contributed by atoms with Crippen LogP contribution in [0.1, 0.15) is 52.2 Å². The highest BCUT2D eigenvalue weighted by Gasteiger charge is 2.14.